The largest absolute Gasteiger partial charge is 0.451 e. The summed E-state index contributed by atoms with van der Waals surface area (Å²) in [5, 5.41) is 3.18. The second-order valence-electron chi connectivity index (χ2n) is 5.48. The number of benzene rings is 1. The molecular formula is C14H15F4N5O3S2. The number of hydrogen-bond donors (Lipinski definition) is 2. The lowest BCUT2D eigenvalue weighted by atomic mass is 10.1. The highest BCUT2D eigenvalue weighted by Crippen LogP contribution is 2.28. The number of sulfonamides is 1. The maximum absolute atomic E-state index is 14.5. The van der Waals surface area contributed by atoms with Gasteiger partial charge in [-0.1, -0.05) is 12.2 Å². The smallest absolute Gasteiger partial charge is 0.389 e. The molecule has 1 aromatic carbocycles. The fourth-order valence-corrected chi connectivity index (χ4v) is 3.12. The van der Waals surface area contributed by atoms with Crippen molar-refractivity contribution < 1.29 is 26.0 Å². The van der Waals surface area contributed by atoms with E-state index >= 15 is 0 Å². The quantitative estimate of drug-likeness (QED) is 0.520. The van der Waals surface area contributed by atoms with Gasteiger partial charge in [0.2, 0.25) is 15.8 Å². The minimum absolute atomic E-state index is 0.202. The summed E-state index contributed by atoms with van der Waals surface area (Å²) in [5.41, 5.74) is 3.02. The molecule has 0 aliphatic carbocycles. The van der Waals surface area contributed by atoms with Crippen LogP contribution in [0.5, 0.6) is 0 Å². The number of nitrogens with two attached hydrogens (primary N) is 1. The van der Waals surface area contributed by atoms with E-state index in [1.54, 1.807) is 0 Å². The van der Waals surface area contributed by atoms with E-state index in [0.29, 0.717) is 4.57 Å². The van der Waals surface area contributed by atoms with E-state index in [0.717, 1.165) is 12.1 Å². The maximum atomic E-state index is 14.5. The predicted molar refractivity (Wildman–Crippen MR) is 97.4 cm³/mol. The molecule has 0 unspecified atom stereocenters. The summed E-state index contributed by atoms with van der Waals surface area (Å²) < 4.78 is 80.2. The topological polar surface area (TPSA) is 112 Å². The van der Waals surface area contributed by atoms with Crippen LogP contribution in [-0.4, -0.2) is 33.5 Å². The Labute approximate surface area is 162 Å². The highest BCUT2D eigenvalue weighted by atomic mass is 32.2. The van der Waals surface area contributed by atoms with Gasteiger partial charge < -0.3 is 5.73 Å². The SMILES string of the molecule is CCn1c(C(F)(F)F)nn(-c2cc(NS(=O)(=O)CC)c(C(N)=S)cc2F)c1=O. The molecule has 14 heteroatoms. The lowest BCUT2D eigenvalue weighted by Crippen LogP contribution is -2.26. The second kappa shape index (κ2) is 7.50. The number of hydrogen-bond acceptors (Lipinski definition) is 5. The zero-order valence-electron chi connectivity index (χ0n) is 14.5. The third-order valence-corrected chi connectivity index (χ3v) is 5.17. The van der Waals surface area contributed by atoms with Crippen LogP contribution in [0.2, 0.25) is 0 Å². The molecule has 0 spiro atoms. The molecule has 0 bridgehead atoms. The molecule has 0 saturated carbocycles. The Balaban J connectivity index is 2.79. The predicted octanol–water partition coefficient (Wildman–Crippen LogP) is 1.61. The normalized spacial score (nSPS) is 12.2. The van der Waals surface area contributed by atoms with Crippen molar-refractivity contribution in [2.75, 3.05) is 10.5 Å². The third kappa shape index (κ3) is 4.16. The second-order valence-corrected chi connectivity index (χ2v) is 7.93. The third-order valence-electron chi connectivity index (χ3n) is 3.66. The lowest BCUT2D eigenvalue weighted by molar-refractivity contribution is -0.147. The molecule has 28 heavy (non-hydrogen) atoms. The number of nitrogens with one attached hydrogen (secondary N) is 1. The molecule has 0 fully saturated rings. The van der Waals surface area contributed by atoms with E-state index in [4.69, 9.17) is 18.0 Å². The molecule has 2 rings (SSSR count). The fourth-order valence-electron chi connectivity index (χ4n) is 2.30. The number of rotatable bonds is 6. The van der Waals surface area contributed by atoms with Gasteiger partial charge in [0.25, 0.3) is 0 Å². The van der Waals surface area contributed by atoms with Crippen LogP contribution in [0.3, 0.4) is 0 Å². The van der Waals surface area contributed by atoms with Crippen molar-refractivity contribution in [1.29, 1.82) is 0 Å². The van der Waals surface area contributed by atoms with Crippen molar-refractivity contribution in [2.24, 2.45) is 5.73 Å². The molecule has 1 aromatic heterocycles. The Kier molecular flexibility index (Phi) is 5.85. The van der Waals surface area contributed by atoms with E-state index in [9.17, 15) is 30.8 Å². The molecule has 154 valence electrons. The standard InChI is InChI=1S/C14H15F4N5O3S2/c1-3-22-12(14(16,17)18)20-23(13(22)24)10-6-9(21-28(25,26)4-2)7(11(19)27)5-8(10)15/h5-6,21H,3-4H2,1-2H3,(H2,19,27). The Bertz CT molecular complexity index is 1090. The van der Waals surface area contributed by atoms with E-state index < -0.39 is 39.2 Å². The van der Waals surface area contributed by atoms with Gasteiger partial charge in [0.15, 0.2) is 0 Å². The van der Waals surface area contributed by atoms with Gasteiger partial charge in [-0.2, -0.15) is 17.9 Å². The molecule has 3 N–H and O–H groups in total. The molecule has 0 amide bonds. The lowest BCUT2D eigenvalue weighted by Gasteiger charge is -2.13. The van der Waals surface area contributed by atoms with Gasteiger partial charge in [-0.25, -0.2) is 17.6 Å². The van der Waals surface area contributed by atoms with Crippen molar-refractivity contribution in [2.45, 2.75) is 26.6 Å². The summed E-state index contributed by atoms with van der Waals surface area (Å²) in [7, 11) is -3.86. The van der Waals surface area contributed by atoms with Gasteiger partial charge in [0.05, 0.1) is 11.4 Å². The van der Waals surface area contributed by atoms with Crippen LogP contribution in [-0.2, 0) is 22.7 Å². The molecule has 0 radical (unpaired) electrons. The molecule has 2 aromatic rings. The Morgan fingerprint density at radius 3 is 2.36 bits per heavy atom. The minimum Gasteiger partial charge on any atom is -0.389 e. The van der Waals surface area contributed by atoms with E-state index in [-0.39, 0.29) is 33.2 Å². The van der Waals surface area contributed by atoms with Gasteiger partial charge in [0.1, 0.15) is 16.5 Å². The van der Waals surface area contributed by atoms with Crippen LogP contribution in [0.1, 0.15) is 25.2 Å². The van der Waals surface area contributed by atoms with Crippen LogP contribution in [0.15, 0.2) is 16.9 Å². The number of aromatic nitrogens is 3. The molecule has 1 heterocycles. The van der Waals surface area contributed by atoms with Gasteiger partial charge in [-0.05, 0) is 26.0 Å². The highest BCUT2D eigenvalue weighted by Gasteiger charge is 2.39. The van der Waals surface area contributed by atoms with E-state index in [1.807, 2.05) is 0 Å². The first kappa shape index (κ1) is 21.8. The van der Waals surface area contributed by atoms with Crippen molar-refractivity contribution in [3.05, 3.63) is 39.8 Å². The average molecular weight is 441 g/mol. The first-order valence-corrected chi connectivity index (χ1v) is 9.79. The molecule has 0 atom stereocenters. The highest BCUT2D eigenvalue weighted by molar-refractivity contribution is 7.92. The van der Waals surface area contributed by atoms with Crippen molar-refractivity contribution >= 4 is 32.9 Å². The maximum Gasteiger partial charge on any atom is 0.451 e. The van der Waals surface area contributed by atoms with Crippen LogP contribution < -0.4 is 16.1 Å². The fraction of sp³-hybridized carbons (Fsp3) is 0.357. The van der Waals surface area contributed by atoms with Crippen LogP contribution in [0, 0.1) is 5.82 Å². The summed E-state index contributed by atoms with van der Waals surface area (Å²) in [6.07, 6.45) is -4.96. The summed E-state index contributed by atoms with van der Waals surface area (Å²) >= 11 is 4.75. The van der Waals surface area contributed by atoms with Gasteiger partial charge in [-0.15, -0.1) is 5.10 Å². The summed E-state index contributed by atoms with van der Waals surface area (Å²) in [4.78, 5) is 11.9. The number of halogens is 4. The molecule has 0 aliphatic heterocycles. The Hall–Kier alpha value is -2.48. The van der Waals surface area contributed by atoms with Crippen LogP contribution in [0.25, 0.3) is 5.69 Å². The first-order valence-electron chi connectivity index (χ1n) is 7.73. The zero-order chi connectivity index (χ0) is 21.4. The zero-order valence-corrected chi connectivity index (χ0v) is 16.2. The summed E-state index contributed by atoms with van der Waals surface area (Å²) in [6.45, 7) is 2.25. The monoisotopic (exact) mass is 441 g/mol. The molecule has 0 aliphatic rings. The Morgan fingerprint density at radius 1 is 1.32 bits per heavy atom. The number of nitrogens with zero attached hydrogens (tertiary/aromatic N) is 3. The van der Waals surface area contributed by atoms with Crippen LogP contribution >= 0.6 is 12.2 Å². The molecular weight excluding hydrogens is 426 g/mol. The molecule has 0 saturated heterocycles. The average Bonchev–Trinajstić information content (AvgIpc) is 2.92. The Morgan fingerprint density at radius 2 is 1.93 bits per heavy atom. The van der Waals surface area contributed by atoms with E-state index in [1.165, 1.54) is 13.8 Å². The summed E-state index contributed by atoms with van der Waals surface area (Å²) in [5.74, 6) is -3.04. The number of thiocarbonyl (C=S) groups is 1. The minimum atomic E-state index is -4.96. The number of anilines is 1. The van der Waals surface area contributed by atoms with Gasteiger partial charge >= 0.3 is 11.9 Å². The van der Waals surface area contributed by atoms with Crippen molar-refractivity contribution in [3.63, 3.8) is 0 Å². The van der Waals surface area contributed by atoms with Gasteiger partial charge in [-0.3, -0.25) is 9.29 Å². The van der Waals surface area contributed by atoms with Crippen molar-refractivity contribution in [3.8, 4) is 5.69 Å². The van der Waals surface area contributed by atoms with Gasteiger partial charge in [0, 0.05) is 12.1 Å². The van der Waals surface area contributed by atoms with E-state index in [2.05, 4.69) is 9.82 Å². The van der Waals surface area contributed by atoms with Crippen LogP contribution in [0.4, 0.5) is 23.2 Å². The molecule has 8 nitrogen and oxygen atoms in total. The van der Waals surface area contributed by atoms with Crippen molar-refractivity contribution in [1.82, 2.24) is 14.3 Å². The number of alkyl halides is 3. The summed E-state index contributed by atoms with van der Waals surface area (Å²) in [6, 6.07) is 1.53. The first-order chi connectivity index (χ1) is 12.8.